The Labute approximate surface area is 175 Å². The number of nitrogens with zero attached hydrogens (tertiary/aromatic N) is 1. The fraction of sp³-hybridized carbons (Fsp3) is 0.263. The number of hydrogen-bond acceptors (Lipinski definition) is 4. The maximum atomic E-state index is 12.4. The SMILES string of the molecule is NC(N)=NCCC[C@H](NC(=O)c1ccc(Cc2ccc(Br)cc2)[nH]c1=O)C(=O)O. The predicted molar refractivity (Wildman–Crippen MR) is 113 cm³/mol. The summed E-state index contributed by atoms with van der Waals surface area (Å²) in [5.41, 5.74) is 11.3. The smallest absolute Gasteiger partial charge is 0.326 e. The van der Waals surface area contributed by atoms with Crippen molar-refractivity contribution >= 4 is 33.8 Å². The van der Waals surface area contributed by atoms with E-state index in [1.54, 1.807) is 6.07 Å². The van der Waals surface area contributed by atoms with Gasteiger partial charge in [-0.1, -0.05) is 28.1 Å². The number of aromatic amines is 1. The molecule has 0 radical (unpaired) electrons. The van der Waals surface area contributed by atoms with Crippen molar-refractivity contribution in [2.45, 2.75) is 25.3 Å². The number of aliphatic carboxylic acids is 1. The van der Waals surface area contributed by atoms with Crippen LogP contribution >= 0.6 is 15.9 Å². The van der Waals surface area contributed by atoms with Gasteiger partial charge in [0.15, 0.2) is 5.96 Å². The Bertz CT molecular complexity index is 952. The molecule has 0 aliphatic heterocycles. The molecule has 154 valence electrons. The zero-order chi connectivity index (χ0) is 21.4. The number of aromatic nitrogens is 1. The molecular formula is C19H22BrN5O4. The Balaban J connectivity index is 2.03. The summed E-state index contributed by atoms with van der Waals surface area (Å²) in [4.78, 5) is 42.5. The third-order valence-corrected chi connectivity index (χ3v) is 4.60. The van der Waals surface area contributed by atoms with E-state index < -0.39 is 23.5 Å². The molecule has 10 heteroatoms. The van der Waals surface area contributed by atoms with E-state index in [1.807, 2.05) is 24.3 Å². The Morgan fingerprint density at radius 1 is 1.17 bits per heavy atom. The van der Waals surface area contributed by atoms with E-state index in [2.05, 4.69) is 31.2 Å². The molecule has 0 saturated carbocycles. The van der Waals surface area contributed by atoms with Crippen LogP contribution < -0.4 is 22.3 Å². The van der Waals surface area contributed by atoms with Gasteiger partial charge in [0.1, 0.15) is 11.6 Å². The number of nitrogens with one attached hydrogen (secondary N) is 2. The number of carbonyl (C=O) groups is 2. The number of pyridine rings is 1. The Morgan fingerprint density at radius 3 is 2.45 bits per heavy atom. The van der Waals surface area contributed by atoms with E-state index in [9.17, 15) is 19.5 Å². The second-order valence-electron chi connectivity index (χ2n) is 6.34. The number of rotatable bonds is 9. The number of hydrogen-bond donors (Lipinski definition) is 5. The minimum absolute atomic E-state index is 0.0873. The number of halogens is 1. The van der Waals surface area contributed by atoms with Crippen LogP contribution in [0.5, 0.6) is 0 Å². The van der Waals surface area contributed by atoms with Gasteiger partial charge < -0.3 is 26.9 Å². The summed E-state index contributed by atoms with van der Waals surface area (Å²) in [5.74, 6) is -2.04. The first-order valence-corrected chi connectivity index (χ1v) is 9.61. The lowest BCUT2D eigenvalue weighted by molar-refractivity contribution is -0.139. The molecule has 1 atom stereocenters. The summed E-state index contributed by atoms with van der Waals surface area (Å²) in [7, 11) is 0. The van der Waals surface area contributed by atoms with Crippen LogP contribution in [0, 0.1) is 0 Å². The quantitative estimate of drug-likeness (QED) is 0.211. The lowest BCUT2D eigenvalue weighted by atomic mass is 10.1. The summed E-state index contributed by atoms with van der Waals surface area (Å²) in [5, 5.41) is 11.6. The topological polar surface area (TPSA) is 164 Å². The van der Waals surface area contributed by atoms with Crippen molar-refractivity contribution in [3.05, 3.63) is 68.0 Å². The summed E-state index contributed by atoms with van der Waals surface area (Å²) in [6.45, 7) is 0.243. The molecule has 1 aromatic carbocycles. The fourth-order valence-electron chi connectivity index (χ4n) is 2.62. The van der Waals surface area contributed by atoms with Crippen LogP contribution in [0.25, 0.3) is 0 Å². The molecule has 1 aromatic heterocycles. The van der Waals surface area contributed by atoms with Gasteiger partial charge >= 0.3 is 5.97 Å². The van der Waals surface area contributed by atoms with Crippen molar-refractivity contribution in [1.29, 1.82) is 0 Å². The second kappa shape index (κ2) is 10.4. The van der Waals surface area contributed by atoms with Gasteiger partial charge in [0.05, 0.1) is 0 Å². The lowest BCUT2D eigenvalue weighted by Gasteiger charge is -2.14. The van der Waals surface area contributed by atoms with Crippen LogP contribution in [0.15, 0.2) is 50.7 Å². The highest BCUT2D eigenvalue weighted by atomic mass is 79.9. The summed E-state index contributed by atoms with van der Waals surface area (Å²) >= 11 is 3.36. The molecule has 0 spiro atoms. The summed E-state index contributed by atoms with van der Waals surface area (Å²) < 4.78 is 0.952. The van der Waals surface area contributed by atoms with Crippen LogP contribution in [0.1, 0.15) is 34.5 Å². The molecule has 2 aromatic rings. The number of carbonyl (C=O) groups excluding carboxylic acids is 1. The normalized spacial score (nSPS) is 11.5. The van der Waals surface area contributed by atoms with Gasteiger partial charge in [0.2, 0.25) is 0 Å². The van der Waals surface area contributed by atoms with Gasteiger partial charge in [-0.05, 0) is 42.7 Å². The first-order valence-electron chi connectivity index (χ1n) is 8.82. The number of carboxylic acid groups (broad SMARTS) is 1. The van der Waals surface area contributed by atoms with E-state index in [1.165, 1.54) is 6.07 Å². The monoisotopic (exact) mass is 463 g/mol. The number of guanidine groups is 1. The number of benzene rings is 1. The number of amides is 1. The van der Waals surface area contributed by atoms with Crippen molar-refractivity contribution in [2.75, 3.05) is 6.54 Å². The van der Waals surface area contributed by atoms with Crippen LogP contribution in [0.3, 0.4) is 0 Å². The number of aliphatic imine (C=N–C) groups is 1. The molecule has 0 saturated heterocycles. The first-order chi connectivity index (χ1) is 13.8. The van der Waals surface area contributed by atoms with E-state index in [0.717, 1.165) is 10.0 Å². The number of carboxylic acids is 1. The van der Waals surface area contributed by atoms with Gasteiger partial charge in [0, 0.05) is 23.1 Å². The molecule has 9 nitrogen and oxygen atoms in total. The average molecular weight is 464 g/mol. The molecule has 0 fully saturated rings. The maximum absolute atomic E-state index is 12.4. The Kier molecular flexibility index (Phi) is 7.96. The maximum Gasteiger partial charge on any atom is 0.326 e. The highest BCUT2D eigenvalue weighted by Crippen LogP contribution is 2.13. The van der Waals surface area contributed by atoms with Crippen LogP contribution in [0.2, 0.25) is 0 Å². The van der Waals surface area contributed by atoms with Crippen molar-refractivity contribution in [2.24, 2.45) is 16.5 Å². The highest BCUT2D eigenvalue weighted by Gasteiger charge is 2.21. The Morgan fingerprint density at radius 2 is 1.86 bits per heavy atom. The summed E-state index contributed by atoms with van der Waals surface area (Å²) in [6, 6.07) is 9.50. The minimum atomic E-state index is -1.20. The largest absolute Gasteiger partial charge is 0.480 e. The van der Waals surface area contributed by atoms with Crippen LogP contribution in [-0.4, -0.2) is 40.5 Å². The molecule has 1 amide bonds. The van der Waals surface area contributed by atoms with Crippen molar-refractivity contribution in [3.63, 3.8) is 0 Å². The zero-order valence-corrected chi connectivity index (χ0v) is 17.1. The van der Waals surface area contributed by atoms with Gasteiger partial charge in [-0.2, -0.15) is 0 Å². The molecule has 0 aliphatic carbocycles. The second-order valence-corrected chi connectivity index (χ2v) is 7.26. The fourth-order valence-corrected chi connectivity index (χ4v) is 2.88. The zero-order valence-electron chi connectivity index (χ0n) is 15.5. The number of H-pyrrole nitrogens is 1. The molecule has 0 bridgehead atoms. The molecule has 29 heavy (non-hydrogen) atoms. The molecular weight excluding hydrogens is 442 g/mol. The predicted octanol–water partition coefficient (Wildman–Crippen LogP) is 0.965. The van der Waals surface area contributed by atoms with E-state index in [-0.39, 0.29) is 24.5 Å². The molecule has 2 rings (SSSR count). The molecule has 0 unspecified atom stereocenters. The van der Waals surface area contributed by atoms with E-state index in [0.29, 0.717) is 18.5 Å². The third kappa shape index (κ3) is 7.07. The van der Waals surface area contributed by atoms with Gasteiger partial charge in [-0.25, -0.2) is 4.79 Å². The highest BCUT2D eigenvalue weighted by molar-refractivity contribution is 9.10. The van der Waals surface area contributed by atoms with Crippen molar-refractivity contribution in [3.8, 4) is 0 Å². The number of nitrogens with two attached hydrogens (primary N) is 2. The molecule has 1 heterocycles. The van der Waals surface area contributed by atoms with E-state index in [4.69, 9.17) is 11.5 Å². The summed E-state index contributed by atoms with van der Waals surface area (Å²) in [6.07, 6.45) is 0.974. The van der Waals surface area contributed by atoms with Gasteiger partial charge in [-0.15, -0.1) is 0 Å². The third-order valence-electron chi connectivity index (χ3n) is 4.07. The molecule has 7 N–H and O–H groups in total. The van der Waals surface area contributed by atoms with Crippen LogP contribution in [-0.2, 0) is 11.2 Å². The van der Waals surface area contributed by atoms with Gasteiger partial charge in [0.25, 0.3) is 11.5 Å². The van der Waals surface area contributed by atoms with Crippen LogP contribution in [0.4, 0.5) is 0 Å². The minimum Gasteiger partial charge on any atom is -0.480 e. The molecule has 0 aliphatic rings. The van der Waals surface area contributed by atoms with E-state index >= 15 is 0 Å². The standard InChI is InChI=1S/C19H22BrN5O4/c20-12-5-3-11(4-6-12)10-13-7-8-14(16(26)24-13)17(27)25-15(18(28)29)2-1-9-23-19(21)22/h3-8,15H,1-2,9-10H2,(H,24,26)(H,25,27)(H,28,29)(H4,21,22,23)/t15-/m0/s1. The first kappa shape index (κ1) is 22.2. The average Bonchev–Trinajstić information content (AvgIpc) is 2.65. The van der Waals surface area contributed by atoms with Gasteiger partial charge in [-0.3, -0.25) is 14.6 Å². The van der Waals surface area contributed by atoms with Crippen molar-refractivity contribution in [1.82, 2.24) is 10.3 Å². The van der Waals surface area contributed by atoms with Crippen molar-refractivity contribution < 1.29 is 14.7 Å². The Hall–Kier alpha value is -3.14. The lowest BCUT2D eigenvalue weighted by Crippen LogP contribution is -2.42.